The zero-order chi connectivity index (χ0) is 11.5. The zero-order valence-electron chi connectivity index (χ0n) is 9.24. The number of fused-ring (bicyclic) bond motifs is 1. The van der Waals surface area contributed by atoms with Gasteiger partial charge in [-0.25, -0.2) is 0 Å². The number of rotatable bonds is 3. The fourth-order valence-corrected chi connectivity index (χ4v) is 3.22. The monoisotopic (exact) mass is 257 g/mol. The Hall–Kier alpha value is -0.220. The number of aliphatic hydroxyl groups is 1. The smallest absolute Gasteiger partial charge is 0.0582 e. The highest BCUT2D eigenvalue weighted by Crippen LogP contribution is 2.37. The van der Waals surface area contributed by atoms with E-state index in [4.69, 9.17) is 16.7 Å². The van der Waals surface area contributed by atoms with Crippen LogP contribution in [-0.4, -0.2) is 23.5 Å². The number of hydrogen-bond donors (Lipinski definition) is 2. The van der Waals surface area contributed by atoms with Gasteiger partial charge in [0, 0.05) is 22.0 Å². The van der Waals surface area contributed by atoms with Gasteiger partial charge in [0.2, 0.25) is 0 Å². The largest absolute Gasteiger partial charge is 0.395 e. The van der Waals surface area contributed by atoms with Crippen LogP contribution < -0.4 is 5.32 Å². The van der Waals surface area contributed by atoms with Crippen molar-refractivity contribution >= 4 is 23.4 Å². The Morgan fingerprint density at radius 2 is 2.44 bits per heavy atom. The molecule has 2 rings (SSSR count). The SMILES string of the molecule is C[C@H](CO)NC1CCSc2ccc(Cl)cc21. The van der Waals surface area contributed by atoms with Gasteiger partial charge in [0.05, 0.1) is 6.61 Å². The van der Waals surface area contributed by atoms with Gasteiger partial charge in [-0.1, -0.05) is 11.6 Å². The summed E-state index contributed by atoms with van der Waals surface area (Å²) in [6, 6.07) is 6.49. The topological polar surface area (TPSA) is 32.3 Å². The highest BCUT2D eigenvalue weighted by atomic mass is 35.5. The Balaban J connectivity index is 2.21. The number of aliphatic hydroxyl groups excluding tert-OH is 1. The van der Waals surface area contributed by atoms with Gasteiger partial charge >= 0.3 is 0 Å². The Bertz CT molecular complexity index is 372. The molecule has 2 N–H and O–H groups in total. The standard InChI is InChI=1S/C12H16ClNOS/c1-8(7-15)14-11-4-5-16-12-3-2-9(13)6-10(11)12/h2-3,6,8,11,14-15H,4-5,7H2,1H3/t8-,11?/m1/s1. The van der Waals surface area contributed by atoms with Gasteiger partial charge in [0.25, 0.3) is 0 Å². The number of benzene rings is 1. The molecule has 2 nitrogen and oxygen atoms in total. The lowest BCUT2D eigenvalue weighted by Gasteiger charge is -2.28. The second kappa shape index (κ2) is 5.41. The van der Waals surface area contributed by atoms with E-state index in [1.807, 2.05) is 30.8 Å². The Morgan fingerprint density at radius 3 is 3.19 bits per heavy atom. The zero-order valence-corrected chi connectivity index (χ0v) is 10.8. The minimum absolute atomic E-state index is 0.125. The van der Waals surface area contributed by atoms with Crippen molar-refractivity contribution in [1.29, 1.82) is 0 Å². The molecular weight excluding hydrogens is 242 g/mol. The molecule has 1 aromatic rings. The molecule has 0 radical (unpaired) electrons. The van der Waals surface area contributed by atoms with Crippen molar-refractivity contribution in [1.82, 2.24) is 5.32 Å². The van der Waals surface area contributed by atoms with Crippen molar-refractivity contribution in [2.75, 3.05) is 12.4 Å². The number of hydrogen-bond acceptors (Lipinski definition) is 3. The van der Waals surface area contributed by atoms with Crippen LogP contribution in [0.4, 0.5) is 0 Å². The van der Waals surface area contributed by atoms with Crippen molar-refractivity contribution in [2.24, 2.45) is 0 Å². The maximum atomic E-state index is 9.07. The van der Waals surface area contributed by atoms with Crippen LogP contribution >= 0.6 is 23.4 Å². The van der Waals surface area contributed by atoms with Crippen molar-refractivity contribution in [3.63, 3.8) is 0 Å². The summed E-state index contributed by atoms with van der Waals surface area (Å²) < 4.78 is 0. The van der Waals surface area contributed by atoms with E-state index in [0.29, 0.717) is 6.04 Å². The van der Waals surface area contributed by atoms with Crippen LogP contribution in [0.5, 0.6) is 0 Å². The van der Waals surface area contributed by atoms with Crippen molar-refractivity contribution in [3.05, 3.63) is 28.8 Å². The van der Waals surface area contributed by atoms with E-state index in [0.717, 1.165) is 17.2 Å². The lowest BCUT2D eigenvalue weighted by molar-refractivity contribution is 0.239. The van der Waals surface area contributed by atoms with Crippen molar-refractivity contribution in [3.8, 4) is 0 Å². The molecule has 0 saturated heterocycles. The minimum atomic E-state index is 0.125. The summed E-state index contributed by atoms with van der Waals surface area (Å²) in [5.74, 6) is 1.12. The average Bonchev–Trinajstić information content (AvgIpc) is 2.29. The fraction of sp³-hybridized carbons (Fsp3) is 0.500. The first-order chi connectivity index (χ1) is 7.70. The summed E-state index contributed by atoms with van der Waals surface area (Å²) in [6.07, 6.45) is 1.09. The third-order valence-electron chi connectivity index (χ3n) is 2.77. The predicted octanol–water partition coefficient (Wildman–Crippen LogP) is 2.85. The van der Waals surface area contributed by atoms with Gasteiger partial charge < -0.3 is 10.4 Å². The fourth-order valence-electron chi connectivity index (χ4n) is 1.93. The molecule has 88 valence electrons. The predicted molar refractivity (Wildman–Crippen MR) is 69.2 cm³/mol. The molecule has 1 unspecified atom stereocenters. The third kappa shape index (κ3) is 2.72. The second-order valence-corrected chi connectivity index (χ2v) is 5.70. The van der Waals surface area contributed by atoms with E-state index in [2.05, 4.69) is 11.4 Å². The molecule has 1 aromatic carbocycles. The highest BCUT2D eigenvalue weighted by molar-refractivity contribution is 7.99. The van der Waals surface area contributed by atoms with E-state index < -0.39 is 0 Å². The molecule has 1 aliphatic heterocycles. The summed E-state index contributed by atoms with van der Waals surface area (Å²) in [5, 5.41) is 13.3. The lowest BCUT2D eigenvalue weighted by atomic mass is 10.0. The van der Waals surface area contributed by atoms with E-state index in [1.54, 1.807) is 0 Å². The minimum Gasteiger partial charge on any atom is -0.395 e. The molecule has 1 aliphatic rings. The number of thioether (sulfide) groups is 1. The average molecular weight is 258 g/mol. The molecular formula is C12H16ClNOS. The molecule has 0 bridgehead atoms. The van der Waals surface area contributed by atoms with Crippen molar-refractivity contribution < 1.29 is 5.11 Å². The molecule has 16 heavy (non-hydrogen) atoms. The van der Waals surface area contributed by atoms with E-state index >= 15 is 0 Å². The Morgan fingerprint density at radius 1 is 1.62 bits per heavy atom. The van der Waals surface area contributed by atoms with E-state index in [9.17, 15) is 0 Å². The van der Waals surface area contributed by atoms with Crippen LogP contribution in [-0.2, 0) is 0 Å². The van der Waals surface area contributed by atoms with Gasteiger partial charge in [-0.3, -0.25) is 0 Å². The van der Waals surface area contributed by atoms with Crippen LogP contribution in [0.2, 0.25) is 5.02 Å². The Labute approximate surface area is 105 Å². The molecule has 4 heteroatoms. The summed E-state index contributed by atoms with van der Waals surface area (Å²) in [5.41, 5.74) is 1.27. The first-order valence-electron chi connectivity index (χ1n) is 5.50. The van der Waals surface area contributed by atoms with Crippen LogP contribution in [0.1, 0.15) is 24.9 Å². The van der Waals surface area contributed by atoms with Gasteiger partial charge in [0.1, 0.15) is 0 Å². The number of halogens is 1. The maximum absolute atomic E-state index is 9.07. The van der Waals surface area contributed by atoms with Crippen LogP contribution in [0.25, 0.3) is 0 Å². The van der Waals surface area contributed by atoms with Crippen LogP contribution in [0.3, 0.4) is 0 Å². The molecule has 0 aliphatic carbocycles. The van der Waals surface area contributed by atoms with E-state index in [1.165, 1.54) is 10.5 Å². The van der Waals surface area contributed by atoms with E-state index in [-0.39, 0.29) is 12.6 Å². The normalized spacial score (nSPS) is 21.6. The van der Waals surface area contributed by atoms with Crippen LogP contribution in [0.15, 0.2) is 23.1 Å². The Kier molecular flexibility index (Phi) is 4.14. The second-order valence-electron chi connectivity index (χ2n) is 4.12. The molecule has 0 amide bonds. The quantitative estimate of drug-likeness (QED) is 0.874. The van der Waals surface area contributed by atoms with Crippen LogP contribution in [0, 0.1) is 0 Å². The van der Waals surface area contributed by atoms with Gasteiger partial charge in [-0.2, -0.15) is 0 Å². The molecule has 0 fully saturated rings. The molecule has 0 spiro atoms. The molecule has 1 heterocycles. The first kappa shape index (κ1) is 12.2. The molecule has 2 atom stereocenters. The maximum Gasteiger partial charge on any atom is 0.0582 e. The summed E-state index contributed by atoms with van der Waals surface area (Å²) >= 11 is 7.90. The summed E-state index contributed by atoms with van der Waals surface area (Å²) in [4.78, 5) is 1.30. The van der Waals surface area contributed by atoms with Gasteiger partial charge in [0.15, 0.2) is 0 Å². The third-order valence-corrected chi connectivity index (χ3v) is 4.13. The number of nitrogens with one attached hydrogen (secondary N) is 1. The van der Waals surface area contributed by atoms with Crippen molar-refractivity contribution in [2.45, 2.75) is 30.3 Å². The van der Waals surface area contributed by atoms with Gasteiger partial charge in [-0.15, -0.1) is 11.8 Å². The lowest BCUT2D eigenvalue weighted by Crippen LogP contribution is -2.34. The highest BCUT2D eigenvalue weighted by Gasteiger charge is 2.21. The summed E-state index contributed by atoms with van der Waals surface area (Å²) in [7, 11) is 0. The summed E-state index contributed by atoms with van der Waals surface area (Å²) in [6.45, 7) is 2.16. The van der Waals surface area contributed by atoms with Gasteiger partial charge in [-0.05, 0) is 42.9 Å². The first-order valence-corrected chi connectivity index (χ1v) is 6.86. The molecule has 0 saturated carbocycles. The molecule has 0 aromatic heterocycles.